The van der Waals surface area contributed by atoms with Crippen LogP contribution in [-0.2, 0) is 0 Å². The van der Waals surface area contributed by atoms with E-state index in [1.807, 2.05) is 26.8 Å². The van der Waals surface area contributed by atoms with Crippen LogP contribution in [0.1, 0.15) is 42.7 Å². The van der Waals surface area contributed by atoms with Gasteiger partial charge in [-0.25, -0.2) is 0 Å². The summed E-state index contributed by atoms with van der Waals surface area (Å²) in [5, 5.41) is 2.86. The van der Waals surface area contributed by atoms with Crippen LogP contribution in [0.25, 0.3) is 0 Å². The number of pyridine rings is 1. The minimum absolute atomic E-state index is 0. The van der Waals surface area contributed by atoms with Crippen molar-refractivity contribution in [3.05, 3.63) is 29.6 Å². The zero-order valence-electron chi connectivity index (χ0n) is 11.6. The number of nitrogens with one attached hydrogen (secondary N) is 1. The smallest absolute Gasteiger partial charge is 0.252 e. The molecule has 19 heavy (non-hydrogen) atoms. The fourth-order valence-electron chi connectivity index (χ4n) is 1.46. The van der Waals surface area contributed by atoms with Gasteiger partial charge in [0.1, 0.15) is 0 Å². The molecule has 0 aromatic carbocycles. The number of rotatable bonds is 5. The summed E-state index contributed by atoms with van der Waals surface area (Å²) < 4.78 is 0. The van der Waals surface area contributed by atoms with Gasteiger partial charge in [0, 0.05) is 24.0 Å². The topological polar surface area (TPSA) is 68.0 Å². The Bertz CT molecular complexity index is 378. The zero-order valence-corrected chi connectivity index (χ0v) is 13.2. The normalized spacial score (nSPS) is 10.1. The van der Waals surface area contributed by atoms with Crippen molar-refractivity contribution in [1.29, 1.82) is 0 Å². The fraction of sp³-hybridized carbons (Fsp3) is 0.538. The number of amides is 1. The number of carbonyl (C=O) groups excluding carboxylic acids is 1. The van der Waals surface area contributed by atoms with E-state index in [-0.39, 0.29) is 36.3 Å². The quantitative estimate of drug-likeness (QED) is 0.878. The lowest BCUT2D eigenvalue weighted by Crippen LogP contribution is -2.49. The summed E-state index contributed by atoms with van der Waals surface area (Å²) in [6.07, 6.45) is 3.27. The van der Waals surface area contributed by atoms with E-state index >= 15 is 0 Å². The molecule has 0 bridgehead atoms. The van der Waals surface area contributed by atoms with Crippen molar-refractivity contribution in [3.8, 4) is 0 Å². The Morgan fingerprint density at radius 3 is 2.32 bits per heavy atom. The van der Waals surface area contributed by atoms with Gasteiger partial charge in [-0.3, -0.25) is 9.78 Å². The molecule has 0 spiro atoms. The molecule has 110 valence electrons. The number of nitrogens with two attached hydrogens (primary N) is 1. The summed E-state index contributed by atoms with van der Waals surface area (Å²) in [5.41, 5.74) is 7.28. The third-order valence-electron chi connectivity index (χ3n) is 3.18. The van der Waals surface area contributed by atoms with Gasteiger partial charge in [0.25, 0.3) is 5.91 Å². The first-order valence-electron chi connectivity index (χ1n) is 6.00. The van der Waals surface area contributed by atoms with Gasteiger partial charge in [0.15, 0.2) is 0 Å². The molecular weight excluding hydrogens is 285 g/mol. The van der Waals surface area contributed by atoms with Crippen molar-refractivity contribution >= 4 is 30.7 Å². The van der Waals surface area contributed by atoms with Crippen molar-refractivity contribution < 1.29 is 4.79 Å². The molecule has 0 aliphatic heterocycles. The molecule has 0 aliphatic rings. The van der Waals surface area contributed by atoms with E-state index in [0.29, 0.717) is 12.1 Å². The predicted octanol–water partition coefficient (Wildman–Crippen LogP) is 2.48. The molecule has 6 heteroatoms. The standard InChI is InChI=1S/C13H21N3O.2ClH/c1-4-13(14,5-2)9-16-12(17)11-7-6-10(3)15-8-11;;/h6-8H,4-5,9,14H2,1-3H3,(H,16,17);2*1H. The zero-order chi connectivity index (χ0) is 12.9. The molecule has 1 amide bonds. The Morgan fingerprint density at radius 2 is 1.89 bits per heavy atom. The van der Waals surface area contributed by atoms with Crippen LogP contribution in [0.2, 0.25) is 0 Å². The highest BCUT2D eigenvalue weighted by Gasteiger charge is 2.21. The lowest BCUT2D eigenvalue weighted by Gasteiger charge is -2.26. The van der Waals surface area contributed by atoms with Crippen LogP contribution >= 0.6 is 24.8 Å². The maximum atomic E-state index is 11.8. The summed E-state index contributed by atoms with van der Waals surface area (Å²) in [6, 6.07) is 3.60. The molecule has 0 saturated heterocycles. The molecule has 3 N–H and O–H groups in total. The minimum atomic E-state index is -0.312. The highest BCUT2D eigenvalue weighted by Crippen LogP contribution is 2.09. The average Bonchev–Trinajstić information content (AvgIpc) is 2.36. The van der Waals surface area contributed by atoms with E-state index in [1.54, 1.807) is 12.3 Å². The van der Waals surface area contributed by atoms with Crippen molar-refractivity contribution in [2.75, 3.05) is 6.54 Å². The molecular formula is C13H23Cl2N3O. The van der Waals surface area contributed by atoms with Crippen LogP contribution in [0.5, 0.6) is 0 Å². The molecule has 0 saturated carbocycles. The van der Waals surface area contributed by atoms with Crippen molar-refractivity contribution in [2.24, 2.45) is 5.73 Å². The first-order chi connectivity index (χ1) is 8.00. The monoisotopic (exact) mass is 307 g/mol. The minimum Gasteiger partial charge on any atom is -0.350 e. The fourth-order valence-corrected chi connectivity index (χ4v) is 1.46. The van der Waals surface area contributed by atoms with Crippen LogP contribution in [0, 0.1) is 6.92 Å². The lowest BCUT2D eigenvalue weighted by molar-refractivity contribution is 0.0942. The first kappa shape index (κ1) is 20.5. The SMILES string of the molecule is CCC(N)(CC)CNC(=O)c1ccc(C)nc1.Cl.Cl. The molecule has 1 aromatic rings. The molecule has 1 aromatic heterocycles. The van der Waals surface area contributed by atoms with Crippen molar-refractivity contribution in [1.82, 2.24) is 10.3 Å². The van der Waals surface area contributed by atoms with Crippen LogP contribution in [0.3, 0.4) is 0 Å². The van der Waals surface area contributed by atoms with Crippen LogP contribution in [-0.4, -0.2) is 23.0 Å². The summed E-state index contributed by atoms with van der Waals surface area (Å²) >= 11 is 0. The molecule has 0 radical (unpaired) electrons. The van der Waals surface area contributed by atoms with E-state index in [0.717, 1.165) is 18.5 Å². The summed E-state index contributed by atoms with van der Waals surface area (Å²) in [7, 11) is 0. The van der Waals surface area contributed by atoms with Crippen molar-refractivity contribution in [3.63, 3.8) is 0 Å². The number of hydrogen-bond donors (Lipinski definition) is 2. The number of aromatic nitrogens is 1. The molecule has 0 fully saturated rings. The first-order valence-corrected chi connectivity index (χ1v) is 6.00. The summed E-state index contributed by atoms with van der Waals surface area (Å²) in [4.78, 5) is 15.9. The molecule has 0 unspecified atom stereocenters. The lowest BCUT2D eigenvalue weighted by atomic mass is 9.94. The van der Waals surface area contributed by atoms with E-state index in [9.17, 15) is 4.79 Å². The van der Waals surface area contributed by atoms with E-state index in [2.05, 4.69) is 10.3 Å². The highest BCUT2D eigenvalue weighted by atomic mass is 35.5. The number of nitrogens with zero attached hydrogens (tertiary/aromatic N) is 1. The Morgan fingerprint density at radius 1 is 1.32 bits per heavy atom. The number of hydrogen-bond acceptors (Lipinski definition) is 3. The summed E-state index contributed by atoms with van der Waals surface area (Å²) in [5.74, 6) is -0.116. The second kappa shape index (κ2) is 9.13. The van der Waals surface area contributed by atoms with Gasteiger partial charge < -0.3 is 11.1 Å². The van der Waals surface area contributed by atoms with Gasteiger partial charge in [-0.1, -0.05) is 13.8 Å². The van der Waals surface area contributed by atoms with Gasteiger partial charge >= 0.3 is 0 Å². The molecule has 4 nitrogen and oxygen atoms in total. The van der Waals surface area contributed by atoms with Gasteiger partial charge in [-0.2, -0.15) is 0 Å². The predicted molar refractivity (Wildman–Crippen MR) is 83.3 cm³/mol. The third kappa shape index (κ3) is 6.23. The third-order valence-corrected chi connectivity index (χ3v) is 3.18. The van der Waals surface area contributed by atoms with Crippen LogP contribution < -0.4 is 11.1 Å². The summed E-state index contributed by atoms with van der Waals surface area (Å²) in [6.45, 7) is 6.44. The van der Waals surface area contributed by atoms with Gasteiger partial charge in [-0.05, 0) is 31.9 Å². The number of aryl methyl sites for hydroxylation is 1. The Hall–Kier alpha value is -0.840. The van der Waals surface area contributed by atoms with Crippen LogP contribution in [0.4, 0.5) is 0 Å². The molecule has 0 aliphatic carbocycles. The van der Waals surface area contributed by atoms with Gasteiger partial charge in [0.05, 0.1) is 5.56 Å². The van der Waals surface area contributed by atoms with Gasteiger partial charge in [-0.15, -0.1) is 24.8 Å². The largest absolute Gasteiger partial charge is 0.350 e. The number of carbonyl (C=O) groups is 1. The molecule has 0 atom stereocenters. The Labute approximate surface area is 127 Å². The van der Waals surface area contributed by atoms with Gasteiger partial charge in [0.2, 0.25) is 0 Å². The molecule has 1 heterocycles. The molecule has 1 rings (SSSR count). The van der Waals surface area contributed by atoms with Crippen LogP contribution in [0.15, 0.2) is 18.3 Å². The second-order valence-electron chi connectivity index (χ2n) is 4.44. The second-order valence-corrected chi connectivity index (χ2v) is 4.44. The highest BCUT2D eigenvalue weighted by molar-refractivity contribution is 5.93. The maximum Gasteiger partial charge on any atom is 0.252 e. The Balaban J connectivity index is 0. The Kier molecular flexibility index (Phi) is 9.84. The average molecular weight is 308 g/mol. The maximum absolute atomic E-state index is 11.8. The van der Waals surface area contributed by atoms with E-state index in [4.69, 9.17) is 5.73 Å². The van der Waals surface area contributed by atoms with E-state index < -0.39 is 0 Å². The number of halogens is 2. The van der Waals surface area contributed by atoms with E-state index in [1.165, 1.54) is 0 Å². The van der Waals surface area contributed by atoms with Crippen molar-refractivity contribution in [2.45, 2.75) is 39.2 Å².